The average molecular weight is 410 g/mol. The van der Waals surface area contributed by atoms with Gasteiger partial charge in [0.15, 0.2) is 0 Å². The van der Waals surface area contributed by atoms with E-state index in [-0.39, 0.29) is 18.0 Å². The van der Waals surface area contributed by atoms with Crippen LogP contribution in [0.2, 0.25) is 0 Å². The lowest BCUT2D eigenvalue weighted by atomic mass is 9.80. The van der Waals surface area contributed by atoms with Crippen LogP contribution in [0.25, 0.3) is 0 Å². The van der Waals surface area contributed by atoms with E-state index in [1.54, 1.807) is 12.1 Å². The molecule has 1 aromatic heterocycles. The van der Waals surface area contributed by atoms with Crippen LogP contribution in [-0.4, -0.2) is 29.3 Å². The molecule has 0 radical (unpaired) electrons. The number of aromatic nitrogens is 1. The summed E-state index contributed by atoms with van der Waals surface area (Å²) in [5.74, 6) is 2.88. The molecule has 4 nitrogen and oxygen atoms in total. The number of nitrogens with one attached hydrogen (secondary N) is 1. The minimum absolute atomic E-state index is 0.0509. The molecule has 2 saturated carbocycles. The summed E-state index contributed by atoms with van der Waals surface area (Å²) in [7, 11) is 0. The normalized spacial score (nSPS) is 29.3. The maximum Gasteiger partial charge on any atom is 0.128 e. The van der Waals surface area contributed by atoms with Gasteiger partial charge in [0.1, 0.15) is 11.6 Å². The second kappa shape index (κ2) is 8.64. The van der Waals surface area contributed by atoms with Gasteiger partial charge in [0.2, 0.25) is 0 Å². The summed E-state index contributed by atoms with van der Waals surface area (Å²) in [6.45, 7) is 2.27. The van der Waals surface area contributed by atoms with Gasteiger partial charge in [-0.1, -0.05) is 24.6 Å². The van der Waals surface area contributed by atoms with Gasteiger partial charge >= 0.3 is 0 Å². The van der Waals surface area contributed by atoms with Crippen LogP contribution in [0, 0.1) is 23.6 Å². The standard InChI is InChI=1S/C25H32FN3O/c26-23-6-2-1-5-21(23)25(22-13-17-7-8-19(22)12-17)28-15-18-9-10-27-24(14-18)29-11-3-4-20(30)16-29/h1-2,5-6,9-10,14,17,19-20,22,25,28,30H,3-4,7-8,11-13,15-16H2. The minimum Gasteiger partial charge on any atom is -0.391 e. The molecule has 2 bridgehead atoms. The Kier molecular flexibility index (Phi) is 5.74. The highest BCUT2D eigenvalue weighted by Gasteiger charge is 2.43. The van der Waals surface area contributed by atoms with Crippen molar-refractivity contribution in [2.45, 2.75) is 57.2 Å². The lowest BCUT2D eigenvalue weighted by Crippen LogP contribution is -2.38. The monoisotopic (exact) mass is 409 g/mol. The number of benzene rings is 1. The number of fused-ring (bicyclic) bond motifs is 2. The van der Waals surface area contributed by atoms with E-state index in [1.165, 1.54) is 25.7 Å². The highest BCUT2D eigenvalue weighted by molar-refractivity contribution is 5.41. The molecule has 5 atom stereocenters. The van der Waals surface area contributed by atoms with Gasteiger partial charge in [-0.2, -0.15) is 0 Å². The predicted molar refractivity (Wildman–Crippen MR) is 117 cm³/mol. The molecule has 1 aromatic carbocycles. The number of hydrogen-bond donors (Lipinski definition) is 2. The zero-order chi connectivity index (χ0) is 20.5. The number of nitrogens with zero attached hydrogens (tertiary/aromatic N) is 2. The number of aliphatic hydroxyl groups is 1. The quantitative estimate of drug-likeness (QED) is 0.740. The predicted octanol–water partition coefficient (Wildman–Crippen LogP) is 4.45. The van der Waals surface area contributed by atoms with Crippen LogP contribution in [0.5, 0.6) is 0 Å². The molecule has 2 aliphatic carbocycles. The van der Waals surface area contributed by atoms with E-state index in [4.69, 9.17) is 0 Å². The Morgan fingerprint density at radius 2 is 2.07 bits per heavy atom. The fourth-order valence-corrected chi connectivity index (χ4v) is 6.06. The molecule has 160 valence electrons. The number of halogens is 1. The highest BCUT2D eigenvalue weighted by Crippen LogP contribution is 2.52. The van der Waals surface area contributed by atoms with E-state index in [0.717, 1.165) is 48.2 Å². The molecule has 1 saturated heterocycles. The second-order valence-electron chi connectivity index (χ2n) is 9.48. The first-order valence-electron chi connectivity index (χ1n) is 11.5. The van der Waals surface area contributed by atoms with Gasteiger partial charge < -0.3 is 15.3 Å². The molecule has 2 N–H and O–H groups in total. The first-order valence-corrected chi connectivity index (χ1v) is 11.5. The third-order valence-corrected chi connectivity index (χ3v) is 7.52. The number of aliphatic hydroxyl groups excluding tert-OH is 1. The molecular weight excluding hydrogens is 377 g/mol. The van der Waals surface area contributed by atoms with Crippen molar-refractivity contribution in [1.82, 2.24) is 10.3 Å². The third-order valence-electron chi connectivity index (χ3n) is 7.52. The van der Waals surface area contributed by atoms with Crippen molar-refractivity contribution in [3.8, 4) is 0 Å². The Labute approximate surface area is 178 Å². The Morgan fingerprint density at radius 3 is 2.83 bits per heavy atom. The van der Waals surface area contributed by atoms with Crippen molar-refractivity contribution >= 4 is 5.82 Å². The molecule has 3 aliphatic rings. The fourth-order valence-electron chi connectivity index (χ4n) is 6.06. The van der Waals surface area contributed by atoms with Gasteiger partial charge in [-0.3, -0.25) is 0 Å². The number of pyridine rings is 1. The fraction of sp³-hybridized carbons (Fsp3) is 0.560. The zero-order valence-corrected chi connectivity index (χ0v) is 17.5. The third kappa shape index (κ3) is 4.10. The number of anilines is 1. The summed E-state index contributed by atoms with van der Waals surface area (Å²) < 4.78 is 14.7. The molecule has 0 amide bonds. The van der Waals surface area contributed by atoms with Crippen LogP contribution in [0.3, 0.4) is 0 Å². The van der Waals surface area contributed by atoms with Gasteiger partial charge in [-0.05, 0) is 73.6 Å². The molecule has 2 aromatic rings. The maximum absolute atomic E-state index is 14.7. The summed E-state index contributed by atoms with van der Waals surface area (Å²) in [6.07, 6.45) is 8.60. The lowest BCUT2D eigenvalue weighted by molar-refractivity contribution is 0.154. The molecule has 3 fully saturated rings. The van der Waals surface area contributed by atoms with Crippen LogP contribution in [-0.2, 0) is 6.54 Å². The smallest absolute Gasteiger partial charge is 0.128 e. The van der Waals surface area contributed by atoms with Gasteiger partial charge in [-0.25, -0.2) is 9.37 Å². The Morgan fingerprint density at radius 1 is 1.17 bits per heavy atom. The van der Waals surface area contributed by atoms with Gasteiger partial charge in [0, 0.05) is 37.4 Å². The minimum atomic E-state index is -0.273. The molecular formula is C25H32FN3O. The van der Waals surface area contributed by atoms with Gasteiger partial charge in [-0.15, -0.1) is 0 Å². The summed E-state index contributed by atoms with van der Waals surface area (Å²) in [5, 5.41) is 13.7. The van der Waals surface area contributed by atoms with Crippen LogP contribution in [0.15, 0.2) is 42.6 Å². The van der Waals surface area contributed by atoms with Crippen molar-refractivity contribution in [2.24, 2.45) is 17.8 Å². The average Bonchev–Trinajstić information content (AvgIpc) is 3.39. The first kappa shape index (κ1) is 20.0. The van der Waals surface area contributed by atoms with E-state index in [0.29, 0.717) is 19.0 Å². The zero-order valence-electron chi connectivity index (χ0n) is 17.5. The van der Waals surface area contributed by atoms with Gasteiger partial charge in [0.25, 0.3) is 0 Å². The van der Waals surface area contributed by atoms with E-state index >= 15 is 0 Å². The topological polar surface area (TPSA) is 48.4 Å². The van der Waals surface area contributed by atoms with Crippen molar-refractivity contribution in [3.05, 3.63) is 59.5 Å². The molecule has 5 unspecified atom stereocenters. The van der Waals surface area contributed by atoms with Crippen molar-refractivity contribution in [3.63, 3.8) is 0 Å². The van der Waals surface area contributed by atoms with E-state index in [9.17, 15) is 9.50 Å². The lowest BCUT2D eigenvalue weighted by Gasteiger charge is -2.33. The second-order valence-corrected chi connectivity index (χ2v) is 9.48. The molecule has 1 aliphatic heterocycles. The number of hydrogen-bond acceptors (Lipinski definition) is 4. The summed E-state index contributed by atoms with van der Waals surface area (Å²) in [4.78, 5) is 6.70. The number of piperidine rings is 1. The molecule has 30 heavy (non-hydrogen) atoms. The number of β-amino-alcohol motifs (C(OH)–C–C–N with tert-alkyl or cyclic N) is 1. The van der Waals surface area contributed by atoms with Crippen LogP contribution in [0.1, 0.15) is 55.7 Å². The van der Waals surface area contributed by atoms with Crippen LogP contribution in [0.4, 0.5) is 10.2 Å². The van der Waals surface area contributed by atoms with Crippen LogP contribution >= 0.6 is 0 Å². The SMILES string of the molecule is OC1CCCN(c2cc(CNC(c3ccccc3F)C3CC4CCC3C4)ccn2)C1. The molecule has 5 rings (SSSR count). The summed E-state index contributed by atoms with van der Waals surface area (Å²) >= 11 is 0. The van der Waals surface area contributed by atoms with Gasteiger partial charge in [0.05, 0.1) is 6.10 Å². The van der Waals surface area contributed by atoms with E-state index in [1.807, 2.05) is 24.4 Å². The van der Waals surface area contributed by atoms with E-state index in [2.05, 4.69) is 21.3 Å². The molecule has 0 spiro atoms. The van der Waals surface area contributed by atoms with Crippen LogP contribution < -0.4 is 10.2 Å². The Bertz CT molecular complexity index is 875. The van der Waals surface area contributed by atoms with Crippen molar-refractivity contribution in [1.29, 1.82) is 0 Å². The first-order chi connectivity index (χ1) is 14.7. The van der Waals surface area contributed by atoms with Crippen molar-refractivity contribution < 1.29 is 9.50 Å². The largest absolute Gasteiger partial charge is 0.391 e. The van der Waals surface area contributed by atoms with E-state index < -0.39 is 0 Å². The number of rotatable bonds is 6. The maximum atomic E-state index is 14.7. The molecule has 2 heterocycles. The van der Waals surface area contributed by atoms with Crippen molar-refractivity contribution in [2.75, 3.05) is 18.0 Å². The summed E-state index contributed by atoms with van der Waals surface area (Å²) in [5.41, 5.74) is 1.97. The highest BCUT2D eigenvalue weighted by atomic mass is 19.1. The Balaban J connectivity index is 1.33. The Hall–Kier alpha value is -1.98. The molecule has 5 heteroatoms. The summed E-state index contributed by atoms with van der Waals surface area (Å²) in [6, 6.07) is 11.5.